The number of carbonyl (C=O) groups is 2. The van der Waals surface area contributed by atoms with Gasteiger partial charge in [-0.05, 0) is 23.9 Å². The quantitative estimate of drug-likeness (QED) is 0.685. The van der Waals surface area contributed by atoms with Crippen LogP contribution in [0.4, 0.5) is 11.4 Å². The van der Waals surface area contributed by atoms with Gasteiger partial charge in [0.15, 0.2) is 0 Å². The number of nitro groups is 1. The maximum atomic E-state index is 12.3. The van der Waals surface area contributed by atoms with Crippen molar-refractivity contribution in [3.8, 4) is 0 Å². The highest BCUT2D eigenvalue weighted by atomic mass is 32.1. The molecule has 1 aliphatic heterocycles. The van der Waals surface area contributed by atoms with Crippen LogP contribution in [0.5, 0.6) is 0 Å². The number of hydrogen-bond donors (Lipinski definition) is 1. The summed E-state index contributed by atoms with van der Waals surface area (Å²) in [5, 5.41) is 15.4. The largest absolute Gasteiger partial charge is 0.342 e. The molecular formula is C15H13N3O4S. The first kappa shape index (κ1) is 15.2. The van der Waals surface area contributed by atoms with Crippen LogP contribution in [0.3, 0.4) is 0 Å². The van der Waals surface area contributed by atoms with Crippen molar-refractivity contribution < 1.29 is 14.5 Å². The lowest BCUT2D eigenvalue weighted by Gasteiger charge is -2.17. The fraction of sp³-hybridized carbons (Fsp3) is 0.200. The van der Waals surface area contributed by atoms with Crippen LogP contribution in [-0.2, 0) is 11.2 Å². The van der Waals surface area contributed by atoms with E-state index in [-0.39, 0.29) is 24.0 Å². The highest BCUT2D eigenvalue weighted by Crippen LogP contribution is 2.34. The van der Waals surface area contributed by atoms with E-state index in [2.05, 4.69) is 5.32 Å². The fourth-order valence-corrected chi connectivity index (χ4v) is 3.23. The normalized spacial score (nSPS) is 12.8. The summed E-state index contributed by atoms with van der Waals surface area (Å²) in [5.41, 5.74) is 1.14. The molecule has 1 N–H and O–H groups in total. The Labute approximate surface area is 135 Å². The summed E-state index contributed by atoms with van der Waals surface area (Å²) in [6.07, 6.45) is 0.442. The summed E-state index contributed by atoms with van der Waals surface area (Å²) >= 11 is 1.30. The second-order valence-electron chi connectivity index (χ2n) is 4.99. The van der Waals surface area contributed by atoms with E-state index in [0.717, 1.165) is 0 Å². The third-order valence-corrected chi connectivity index (χ3v) is 4.51. The molecule has 2 amide bonds. The molecule has 0 fully saturated rings. The number of thiophene rings is 1. The van der Waals surface area contributed by atoms with Crippen molar-refractivity contribution in [1.29, 1.82) is 0 Å². The number of carbonyl (C=O) groups excluding carboxylic acids is 2. The zero-order valence-corrected chi connectivity index (χ0v) is 12.8. The molecular weight excluding hydrogens is 318 g/mol. The summed E-state index contributed by atoms with van der Waals surface area (Å²) in [6, 6.07) is 8.13. The van der Waals surface area contributed by atoms with Gasteiger partial charge in [-0.3, -0.25) is 19.7 Å². The van der Waals surface area contributed by atoms with Gasteiger partial charge in [0.25, 0.3) is 11.6 Å². The van der Waals surface area contributed by atoms with Crippen LogP contribution in [0.2, 0.25) is 0 Å². The minimum Gasteiger partial charge on any atom is -0.342 e. The van der Waals surface area contributed by atoms with Crippen LogP contribution in [-0.4, -0.2) is 29.8 Å². The third kappa shape index (κ3) is 2.93. The molecule has 0 atom stereocenters. The molecule has 1 aliphatic rings. The number of anilines is 1. The molecule has 7 nitrogen and oxygen atoms in total. The van der Waals surface area contributed by atoms with Gasteiger partial charge in [-0.25, -0.2) is 0 Å². The highest BCUT2D eigenvalue weighted by Gasteiger charge is 2.30. The van der Waals surface area contributed by atoms with Crippen LogP contribution in [0.25, 0.3) is 0 Å². The Balaban J connectivity index is 1.70. The van der Waals surface area contributed by atoms with Gasteiger partial charge in [-0.15, -0.1) is 11.3 Å². The molecule has 0 saturated heterocycles. The predicted molar refractivity (Wildman–Crippen MR) is 85.8 cm³/mol. The van der Waals surface area contributed by atoms with E-state index in [1.807, 2.05) is 0 Å². The maximum Gasteiger partial charge on any atom is 0.274 e. The third-order valence-electron chi connectivity index (χ3n) is 3.65. The molecule has 118 valence electrons. The number of nitrogens with zero attached hydrogens (tertiary/aromatic N) is 2. The molecule has 8 heteroatoms. The number of amides is 2. The predicted octanol–water partition coefficient (Wildman–Crippen LogP) is 1.98. The summed E-state index contributed by atoms with van der Waals surface area (Å²) in [7, 11) is 0. The molecule has 0 saturated carbocycles. The van der Waals surface area contributed by atoms with Crippen molar-refractivity contribution in [3.63, 3.8) is 0 Å². The molecule has 1 aromatic heterocycles. The van der Waals surface area contributed by atoms with Crippen molar-refractivity contribution in [1.82, 2.24) is 5.32 Å². The molecule has 0 radical (unpaired) electrons. The van der Waals surface area contributed by atoms with E-state index in [4.69, 9.17) is 0 Å². The minimum absolute atomic E-state index is 0.0282. The second-order valence-corrected chi connectivity index (χ2v) is 5.93. The number of rotatable bonds is 4. The Bertz CT molecular complexity index is 773. The number of fused-ring (bicyclic) bond motifs is 1. The van der Waals surface area contributed by atoms with Crippen LogP contribution in [0, 0.1) is 10.1 Å². The standard InChI is InChI=1S/C15H13N3O4S/c19-14(9-16-15(20)13-5-2-8-23-13)17-7-6-10-11(17)3-1-4-12(10)18(21)22/h1-5,8H,6-7,9H2,(H,16,20). The first-order valence-electron chi connectivity index (χ1n) is 6.96. The summed E-state index contributed by atoms with van der Waals surface area (Å²) in [4.78, 5) is 36.8. The number of hydrogen-bond acceptors (Lipinski definition) is 5. The lowest BCUT2D eigenvalue weighted by Crippen LogP contribution is -2.39. The molecule has 3 rings (SSSR count). The van der Waals surface area contributed by atoms with E-state index in [1.54, 1.807) is 29.6 Å². The van der Waals surface area contributed by atoms with E-state index in [1.165, 1.54) is 22.3 Å². The fourth-order valence-electron chi connectivity index (χ4n) is 2.59. The highest BCUT2D eigenvalue weighted by molar-refractivity contribution is 7.12. The van der Waals surface area contributed by atoms with Gasteiger partial charge >= 0.3 is 0 Å². The SMILES string of the molecule is O=C(NCC(=O)N1CCc2c1cccc2[N+](=O)[O-])c1cccs1. The Kier molecular flexibility index (Phi) is 4.07. The van der Waals surface area contributed by atoms with E-state index >= 15 is 0 Å². The Morgan fingerprint density at radius 2 is 2.13 bits per heavy atom. The van der Waals surface area contributed by atoms with Gasteiger partial charge in [-0.2, -0.15) is 0 Å². The zero-order valence-electron chi connectivity index (χ0n) is 12.0. The van der Waals surface area contributed by atoms with Crippen LogP contribution < -0.4 is 10.2 Å². The molecule has 0 unspecified atom stereocenters. The van der Waals surface area contributed by atoms with Crippen molar-refractivity contribution in [3.05, 3.63) is 56.3 Å². The van der Waals surface area contributed by atoms with Gasteiger partial charge in [0, 0.05) is 12.6 Å². The molecule has 0 spiro atoms. The van der Waals surface area contributed by atoms with Crippen molar-refractivity contribution in [2.75, 3.05) is 18.0 Å². The summed E-state index contributed by atoms with van der Waals surface area (Å²) in [6.45, 7) is 0.243. The van der Waals surface area contributed by atoms with Gasteiger partial charge in [0.1, 0.15) is 0 Å². The number of nitro benzene ring substituents is 1. The maximum absolute atomic E-state index is 12.3. The van der Waals surface area contributed by atoms with Crippen LogP contribution >= 0.6 is 11.3 Å². The molecule has 0 bridgehead atoms. The smallest absolute Gasteiger partial charge is 0.274 e. The summed E-state index contributed by atoms with van der Waals surface area (Å²) in [5.74, 6) is -0.582. The Morgan fingerprint density at radius 3 is 2.83 bits per heavy atom. The monoisotopic (exact) mass is 331 g/mol. The van der Waals surface area contributed by atoms with E-state index in [0.29, 0.717) is 29.1 Å². The molecule has 2 heterocycles. The first-order valence-corrected chi connectivity index (χ1v) is 7.84. The lowest BCUT2D eigenvalue weighted by atomic mass is 10.1. The number of benzene rings is 1. The lowest BCUT2D eigenvalue weighted by molar-refractivity contribution is -0.385. The van der Waals surface area contributed by atoms with E-state index in [9.17, 15) is 19.7 Å². The van der Waals surface area contributed by atoms with Crippen LogP contribution in [0.15, 0.2) is 35.7 Å². The molecule has 2 aromatic rings. The molecule has 1 aromatic carbocycles. The second kappa shape index (κ2) is 6.17. The topological polar surface area (TPSA) is 92.6 Å². The Morgan fingerprint density at radius 1 is 1.30 bits per heavy atom. The molecule has 0 aliphatic carbocycles. The van der Waals surface area contributed by atoms with Crippen molar-refractivity contribution in [2.45, 2.75) is 6.42 Å². The zero-order chi connectivity index (χ0) is 16.4. The minimum atomic E-state index is -0.439. The van der Waals surface area contributed by atoms with Gasteiger partial charge in [0.2, 0.25) is 5.91 Å². The van der Waals surface area contributed by atoms with Crippen molar-refractivity contribution >= 4 is 34.5 Å². The Hall–Kier alpha value is -2.74. The average Bonchev–Trinajstić information content (AvgIpc) is 3.20. The van der Waals surface area contributed by atoms with E-state index < -0.39 is 4.92 Å². The van der Waals surface area contributed by atoms with Crippen LogP contribution in [0.1, 0.15) is 15.2 Å². The average molecular weight is 331 g/mol. The van der Waals surface area contributed by atoms with Crippen molar-refractivity contribution in [2.24, 2.45) is 0 Å². The summed E-state index contributed by atoms with van der Waals surface area (Å²) < 4.78 is 0. The van der Waals surface area contributed by atoms with Gasteiger partial charge < -0.3 is 10.2 Å². The molecule has 23 heavy (non-hydrogen) atoms. The van der Waals surface area contributed by atoms with Gasteiger partial charge in [0.05, 0.1) is 27.6 Å². The van der Waals surface area contributed by atoms with Gasteiger partial charge in [-0.1, -0.05) is 12.1 Å². The first-order chi connectivity index (χ1) is 11.1. The number of nitrogens with one attached hydrogen (secondary N) is 1.